The van der Waals surface area contributed by atoms with E-state index < -0.39 is 0 Å². The maximum atomic E-state index is 4.17. The van der Waals surface area contributed by atoms with Gasteiger partial charge in [0.1, 0.15) is 0 Å². The van der Waals surface area contributed by atoms with Crippen LogP contribution in [-0.2, 0) is 0 Å². The Morgan fingerprint density at radius 3 is 2.70 bits per heavy atom. The summed E-state index contributed by atoms with van der Waals surface area (Å²) in [7, 11) is 0. The Hall–Kier alpha value is -2.28. The van der Waals surface area contributed by atoms with Gasteiger partial charge in [-0.25, -0.2) is 0 Å². The molecule has 0 amide bonds. The number of fused-ring (bicyclic) bond motifs is 1. The van der Waals surface area contributed by atoms with Crippen molar-refractivity contribution in [2.45, 2.75) is 19.8 Å². The zero-order valence-electron chi connectivity index (χ0n) is 11.8. The maximum Gasteiger partial charge on any atom is 0.0530 e. The number of allylic oxidation sites excluding steroid dienone is 8. The molecule has 1 aliphatic carbocycles. The normalized spacial score (nSPS) is 21.2. The summed E-state index contributed by atoms with van der Waals surface area (Å²) >= 11 is 0. The average Bonchev–Trinajstić information content (AvgIpc) is 2.47. The number of benzene rings is 1. The SMILES string of the molecule is C=C1/C=C\C=C/N(C2=CC=C(C)CC2)c2ccccc21. The van der Waals surface area contributed by atoms with E-state index >= 15 is 0 Å². The molecule has 2 aliphatic rings. The fraction of sp³-hybridized carbons (Fsp3) is 0.158. The lowest BCUT2D eigenvalue weighted by molar-refractivity contribution is 0.871. The Balaban J connectivity index is 2.10. The zero-order chi connectivity index (χ0) is 13.9. The van der Waals surface area contributed by atoms with E-state index in [2.05, 4.69) is 79.2 Å². The molecular weight excluding hydrogens is 242 g/mol. The minimum Gasteiger partial charge on any atom is -0.320 e. The highest BCUT2D eigenvalue weighted by Gasteiger charge is 2.16. The van der Waals surface area contributed by atoms with Crippen LogP contribution in [0.5, 0.6) is 0 Å². The summed E-state index contributed by atoms with van der Waals surface area (Å²) in [4.78, 5) is 2.28. The third-order valence-electron chi connectivity index (χ3n) is 3.80. The molecule has 1 aromatic rings. The minimum atomic E-state index is 1.05. The number of nitrogens with zero attached hydrogens (tertiary/aromatic N) is 1. The van der Waals surface area contributed by atoms with Crippen LogP contribution in [0, 0.1) is 0 Å². The molecule has 100 valence electrons. The topological polar surface area (TPSA) is 3.24 Å². The van der Waals surface area contributed by atoms with Crippen LogP contribution in [0.2, 0.25) is 0 Å². The van der Waals surface area contributed by atoms with E-state index in [1.165, 1.54) is 22.5 Å². The molecule has 0 saturated carbocycles. The number of hydrogen-bond donors (Lipinski definition) is 0. The smallest absolute Gasteiger partial charge is 0.0530 e. The van der Waals surface area contributed by atoms with Gasteiger partial charge in [0.25, 0.3) is 0 Å². The molecule has 0 fully saturated rings. The fourth-order valence-corrected chi connectivity index (χ4v) is 2.61. The first-order valence-electron chi connectivity index (χ1n) is 7.04. The molecular formula is C19H19N. The Kier molecular flexibility index (Phi) is 3.42. The zero-order valence-corrected chi connectivity index (χ0v) is 11.8. The predicted octanol–water partition coefficient (Wildman–Crippen LogP) is 5.21. The Labute approximate surface area is 120 Å². The molecule has 0 unspecified atom stereocenters. The largest absolute Gasteiger partial charge is 0.320 e. The summed E-state index contributed by atoms with van der Waals surface area (Å²) in [5, 5.41) is 0. The molecule has 0 aromatic heterocycles. The van der Waals surface area contributed by atoms with Crippen molar-refractivity contribution in [2.24, 2.45) is 0 Å². The molecule has 3 rings (SSSR count). The van der Waals surface area contributed by atoms with Crippen LogP contribution >= 0.6 is 0 Å². The van der Waals surface area contributed by atoms with Gasteiger partial charge in [-0.15, -0.1) is 0 Å². The lowest BCUT2D eigenvalue weighted by atomic mass is 9.99. The van der Waals surface area contributed by atoms with Crippen LogP contribution in [0.4, 0.5) is 5.69 Å². The van der Waals surface area contributed by atoms with Gasteiger partial charge in [-0.2, -0.15) is 0 Å². The summed E-state index contributed by atoms with van der Waals surface area (Å²) in [6, 6.07) is 8.46. The van der Waals surface area contributed by atoms with Gasteiger partial charge in [-0.1, -0.05) is 48.6 Å². The van der Waals surface area contributed by atoms with E-state index in [1.807, 2.05) is 0 Å². The van der Waals surface area contributed by atoms with Crippen molar-refractivity contribution < 1.29 is 0 Å². The fourth-order valence-electron chi connectivity index (χ4n) is 2.61. The third-order valence-corrected chi connectivity index (χ3v) is 3.80. The second-order valence-corrected chi connectivity index (χ2v) is 5.28. The van der Waals surface area contributed by atoms with Gasteiger partial charge in [0.15, 0.2) is 0 Å². The molecule has 1 heteroatoms. The Morgan fingerprint density at radius 2 is 1.90 bits per heavy atom. The molecule has 0 bridgehead atoms. The van der Waals surface area contributed by atoms with Gasteiger partial charge in [-0.3, -0.25) is 0 Å². The first kappa shape index (κ1) is 12.7. The molecule has 0 radical (unpaired) electrons. The first-order chi connectivity index (χ1) is 9.75. The van der Waals surface area contributed by atoms with E-state index in [9.17, 15) is 0 Å². The van der Waals surface area contributed by atoms with Crippen molar-refractivity contribution in [1.82, 2.24) is 0 Å². The highest BCUT2D eigenvalue weighted by molar-refractivity contribution is 5.83. The first-order valence-corrected chi connectivity index (χ1v) is 7.04. The molecule has 20 heavy (non-hydrogen) atoms. The van der Waals surface area contributed by atoms with Gasteiger partial charge in [0, 0.05) is 17.5 Å². The molecule has 1 nitrogen and oxygen atoms in total. The van der Waals surface area contributed by atoms with Crippen LogP contribution < -0.4 is 4.90 Å². The summed E-state index contributed by atoms with van der Waals surface area (Å²) in [6.07, 6.45) is 15.0. The van der Waals surface area contributed by atoms with E-state index in [0.717, 1.165) is 18.4 Å². The van der Waals surface area contributed by atoms with Crippen LogP contribution in [0.1, 0.15) is 25.3 Å². The molecule has 0 N–H and O–H groups in total. The summed E-state index contributed by atoms with van der Waals surface area (Å²) in [5.41, 5.74) is 6.24. The second-order valence-electron chi connectivity index (χ2n) is 5.28. The molecule has 1 aromatic carbocycles. The van der Waals surface area contributed by atoms with Crippen molar-refractivity contribution in [3.8, 4) is 0 Å². The standard InChI is InChI=1S/C19H19N/c1-15-10-12-17(13-11-15)20-14-6-5-7-16(2)18-8-3-4-9-19(18)20/h3-10,12,14H,2,11,13H2,1H3/b7-5-,14-6-. The molecule has 0 saturated heterocycles. The van der Waals surface area contributed by atoms with Crippen molar-refractivity contribution in [3.63, 3.8) is 0 Å². The predicted molar refractivity (Wildman–Crippen MR) is 87.3 cm³/mol. The summed E-state index contributed by atoms with van der Waals surface area (Å²) in [6.45, 7) is 6.36. The number of rotatable bonds is 1. The minimum absolute atomic E-state index is 1.05. The van der Waals surface area contributed by atoms with Crippen LogP contribution in [0.3, 0.4) is 0 Å². The molecule has 1 heterocycles. The third kappa shape index (κ3) is 2.39. The maximum absolute atomic E-state index is 4.17. The van der Waals surface area contributed by atoms with E-state index in [1.54, 1.807) is 0 Å². The number of hydrogen-bond acceptors (Lipinski definition) is 1. The lowest BCUT2D eigenvalue weighted by Gasteiger charge is -2.28. The van der Waals surface area contributed by atoms with E-state index in [-0.39, 0.29) is 0 Å². The van der Waals surface area contributed by atoms with Gasteiger partial charge in [0.05, 0.1) is 5.69 Å². The average molecular weight is 261 g/mol. The van der Waals surface area contributed by atoms with Crippen LogP contribution in [-0.4, -0.2) is 0 Å². The monoisotopic (exact) mass is 261 g/mol. The van der Waals surface area contributed by atoms with E-state index in [4.69, 9.17) is 0 Å². The molecule has 1 aliphatic heterocycles. The van der Waals surface area contributed by atoms with Crippen molar-refractivity contribution in [3.05, 3.63) is 84.3 Å². The number of para-hydroxylation sites is 1. The van der Waals surface area contributed by atoms with Crippen molar-refractivity contribution in [2.75, 3.05) is 4.90 Å². The van der Waals surface area contributed by atoms with E-state index in [0.29, 0.717) is 0 Å². The van der Waals surface area contributed by atoms with Crippen molar-refractivity contribution in [1.29, 1.82) is 0 Å². The quantitative estimate of drug-likeness (QED) is 0.670. The Morgan fingerprint density at radius 1 is 1.05 bits per heavy atom. The van der Waals surface area contributed by atoms with Gasteiger partial charge in [0.2, 0.25) is 0 Å². The van der Waals surface area contributed by atoms with Gasteiger partial charge < -0.3 is 4.90 Å². The Bertz CT molecular complexity index is 656. The molecule has 0 spiro atoms. The van der Waals surface area contributed by atoms with Gasteiger partial charge >= 0.3 is 0 Å². The van der Waals surface area contributed by atoms with Crippen LogP contribution in [0.25, 0.3) is 5.57 Å². The summed E-state index contributed by atoms with van der Waals surface area (Å²) in [5.74, 6) is 0. The van der Waals surface area contributed by atoms with Crippen LogP contribution in [0.15, 0.2) is 78.7 Å². The van der Waals surface area contributed by atoms with Gasteiger partial charge in [-0.05, 0) is 43.6 Å². The number of anilines is 1. The van der Waals surface area contributed by atoms with Crippen molar-refractivity contribution >= 4 is 11.3 Å². The highest BCUT2D eigenvalue weighted by atomic mass is 15.1. The molecule has 0 atom stereocenters. The highest BCUT2D eigenvalue weighted by Crippen LogP contribution is 2.33. The lowest BCUT2D eigenvalue weighted by Crippen LogP contribution is -2.18. The summed E-state index contributed by atoms with van der Waals surface area (Å²) < 4.78 is 0. The second kappa shape index (κ2) is 5.38.